The first-order valence-corrected chi connectivity index (χ1v) is 6.12. The van der Waals surface area contributed by atoms with Crippen molar-refractivity contribution in [3.05, 3.63) is 47.9 Å². The third-order valence-electron chi connectivity index (χ3n) is 3.26. The number of aromatic nitrogens is 2. The minimum absolute atomic E-state index is 0.499. The molecule has 4 heteroatoms. The van der Waals surface area contributed by atoms with Gasteiger partial charge in [-0.2, -0.15) is 5.10 Å². The third-order valence-corrected chi connectivity index (χ3v) is 3.26. The maximum absolute atomic E-state index is 5.99. The summed E-state index contributed by atoms with van der Waals surface area (Å²) >= 11 is 0. The number of aryl methyl sites for hydroxylation is 2. The molecule has 0 saturated carbocycles. The zero-order chi connectivity index (χ0) is 13.4. The molecule has 4 nitrogen and oxygen atoms in total. The van der Waals surface area contributed by atoms with Gasteiger partial charge in [0.05, 0.1) is 17.5 Å². The topological polar surface area (TPSA) is 67.8 Å². The van der Waals surface area contributed by atoms with E-state index < -0.39 is 0 Å². The summed E-state index contributed by atoms with van der Waals surface area (Å²) in [4.78, 5) is 0. The van der Waals surface area contributed by atoms with Gasteiger partial charge in [0.1, 0.15) is 5.76 Å². The van der Waals surface area contributed by atoms with Crippen molar-refractivity contribution in [2.45, 2.75) is 13.8 Å². The van der Waals surface area contributed by atoms with Gasteiger partial charge >= 0.3 is 0 Å². The lowest BCUT2D eigenvalue weighted by atomic mass is 10.0. The summed E-state index contributed by atoms with van der Waals surface area (Å²) in [5.41, 5.74) is 11.1. The molecule has 0 saturated heterocycles. The molecule has 96 valence electrons. The number of benzene rings is 1. The van der Waals surface area contributed by atoms with Gasteiger partial charge in [0.25, 0.3) is 0 Å². The molecular weight excluding hydrogens is 238 g/mol. The highest BCUT2D eigenvalue weighted by Crippen LogP contribution is 2.36. The van der Waals surface area contributed by atoms with Crippen molar-refractivity contribution in [1.82, 2.24) is 10.2 Å². The van der Waals surface area contributed by atoms with Crippen molar-refractivity contribution in [3.8, 4) is 22.4 Å². The van der Waals surface area contributed by atoms with Crippen LogP contribution in [0.2, 0.25) is 0 Å². The van der Waals surface area contributed by atoms with Crippen molar-refractivity contribution in [1.29, 1.82) is 0 Å². The number of rotatable bonds is 2. The SMILES string of the molecule is Cc1ccc(-c2c(N)n[nH]c2-c2ccoc2C)cc1. The van der Waals surface area contributed by atoms with Gasteiger partial charge in [-0.25, -0.2) is 0 Å². The second kappa shape index (κ2) is 4.31. The van der Waals surface area contributed by atoms with Crippen LogP contribution in [-0.2, 0) is 0 Å². The summed E-state index contributed by atoms with van der Waals surface area (Å²) in [6.45, 7) is 3.98. The Morgan fingerprint density at radius 1 is 1.11 bits per heavy atom. The molecule has 3 rings (SSSR count). The second-order valence-corrected chi connectivity index (χ2v) is 4.62. The van der Waals surface area contributed by atoms with Crippen molar-refractivity contribution < 1.29 is 4.42 Å². The molecule has 2 heterocycles. The highest BCUT2D eigenvalue weighted by molar-refractivity contribution is 5.88. The number of nitrogen functional groups attached to an aromatic ring is 1. The van der Waals surface area contributed by atoms with E-state index in [9.17, 15) is 0 Å². The fourth-order valence-electron chi connectivity index (χ4n) is 2.21. The first-order valence-electron chi connectivity index (χ1n) is 6.12. The quantitative estimate of drug-likeness (QED) is 0.734. The second-order valence-electron chi connectivity index (χ2n) is 4.62. The monoisotopic (exact) mass is 253 g/mol. The predicted molar refractivity (Wildman–Crippen MR) is 75.6 cm³/mol. The Morgan fingerprint density at radius 2 is 1.84 bits per heavy atom. The number of nitrogens with zero attached hydrogens (tertiary/aromatic N) is 1. The number of hydrogen-bond acceptors (Lipinski definition) is 3. The molecule has 2 aromatic heterocycles. The van der Waals surface area contributed by atoms with Crippen LogP contribution in [0.15, 0.2) is 41.0 Å². The summed E-state index contributed by atoms with van der Waals surface area (Å²) in [6.07, 6.45) is 1.67. The van der Waals surface area contributed by atoms with Crippen LogP contribution >= 0.6 is 0 Å². The summed E-state index contributed by atoms with van der Waals surface area (Å²) in [5, 5.41) is 7.12. The van der Waals surface area contributed by atoms with E-state index in [1.807, 2.05) is 13.0 Å². The van der Waals surface area contributed by atoms with E-state index in [1.54, 1.807) is 6.26 Å². The Morgan fingerprint density at radius 3 is 2.47 bits per heavy atom. The number of anilines is 1. The third kappa shape index (κ3) is 1.91. The van der Waals surface area contributed by atoms with E-state index in [1.165, 1.54) is 5.56 Å². The van der Waals surface area contributed by atoms with Gasteiger partial charge in [0, 0.05) is 5.56 Å². The lowest BCUT2D eigenvalue weighted by Gasteiger charge is -2.04. The fraction of sp³-hybridized carbons (Fsp3) is 0.133. The van der Waals surface area contributed by atoms with Crippen molar-refractivity contribution in [2.75, 3.05) is 5.73 Å². The number of furan rings is 1. The number of H-pyrrole nitrogens is 1. The molecule has 1 aromatic carbocycles. The largest absolute Gasteiger partial charge is 0.469 e. The Balaban J connectivity index is 2.19. The highest BCUT2D eigenvalue weighted by atomic mass is 16.3. The lowest BCUT2D eigenvalue weighted by molar-refractivity contribution is 0.535. The first kappa shape index (κ1) is 11.6. The van der Waals surface area contributed by atoms with Crippen molar-refractivity contribution in [3.63, 3.8) is 0 Å². The van der Waals surface area contributed by atoms with Gasteiger partial charge in [-0.1, -0.05) is 29.8 Å². The van der Waals surface area contributed by atoms with E-state index >= 15 is 0 Å². The van der Waals surface area contributed by atoms with Gasteiger partial charge in [-0.05, 0) is 25.5 Å². The molecule has 0 aliphatic heterocycles. The summed E-state index contributed by atoms with van der Waals surface area (Å²) in [7, 11) is 0. The first-order chi connectivity index (χ1) is 9.16. The molecule has 0 amide bonds. The van der Waals surface area contributed by atoms with E-state index in [0.717, 1.165) is 28.1 Å². The maximum atomic E-state index is 5.99. The van der Waals surface area contributed by atoms with E-state index in [0.29, 0.717) is 5.82 Å². The zero-order valence-corrected chi connectivity index (χ0v) is 10.9. The molecule has 0 atom stereocenters. The minimum atomic E-state index is 0.499. The average molecular weight is 253 g/mol. The van der Waals surface area contributed by atoms with Crippen LogP contribution in [0.5, 0.6) is 0 Å². The summed E-state index contributed by atoms with van der Waals surface area (Å²) < 4.78 is 5.35. The van der Waals surface area contributed by atoms with Crippen LogP contribution < -0.4 is 5.73 Å². The molecule has 3 N–H and O–H groups in total. The van der Waals surface area contributed by atoms with Crippen LogP contribution in [0.1, 0.15) is 11.3 Å². The van der Waals surface area contributed by atoms with Crippen molar-refractivity contribution in [2.24, 2.45) is 0 Å². The van der Waals surface area contributed by atoms with E-state index in [4.69, 9.17) is 10.2 Å². The average Bonchev–Trinajstić information content (AvgIpc) is 2.97. The summed E-state index contributed by atoms with van der Waals surface area (Å²) in [6, 6.07) is 10.1. The molecule has 0 fully saturated rings. The highest BCUT2D eigenvalue weighted by Gasteiger charge is 2.17. The number of nitrogens with two attached hydrogens (primary N) is 1. The smallest absolute Gasteiger partial charge is 0.153 e. The lowest BCUT2D eigenvalue weighted by Crippen LogP contribution is -1.89. The number of nitrogens with one attached hydrogen (secondary N) is 1. The van der Waals surface area contributed by atoms with E-state index in [-0.39, 0.29) is 0 Å². The maximum Gasteiger partial charge on any atom is 0.153 e. The normalized spacial score (nSPS) is 10.8. The van der Waals surface area contributed by atoms with Crippen LogP contribution in [0.4, 0.5) is 5.82 Å². The van der Waals surface area contributed by atoms with Gasteiger partial charge in [-0.15, -0.1) is 0 Å². The van der Waals surface area contributed by atoms with Gasteiger partial charge < -0.3 is 10.2 Å². The Labute approximate surface area is 111 Å². The number of hydrogen-bond donors (Lipinski definition) is 2. The Kier molecular flexibility index (Phi) is 2.63. The van der Waals surface area contributed by atoms with Crippen molar-refractivity contribution >= 4 is 5.82 Å². The standard InChI is InChI=1S/C15H15N3O/c1-9-3-5-11(6-4-9)13-14(17-18-15(13)16)12-7-8-19-10(12)2/h3-8H,1-2H3,(H3,16,17,18). The molecule has 0 aliphatic carbocycles. The van der Waals surface area contributed by atoms with Crippen LogP contribution in [-0.4, -0.2) is 10.2 Å². The number of aromatic amines is 1. The minimum Gasteiger partial charge on any atom is -0.469 e. The molecular formula is C15H15N3O. The Bertz CT molecular complexity index is 707. The molecule has 0 radical (unpaired) electrons. The molecule has 19 heavy (non-hydrogen) atoms. The Hall–Kier alpha value is -2.49. The predicted octanol–water partition coefficient (Wildman–Crippen LogP) is 3.54. The van der Waals surface area contributed by atoms with Gasteiger partial charge in [-0.3, -0.25) is 5.10 Å². The van der Waals surface area contributed by atoms with Crippen LogP contribution in [0.3, 0.4) is 0 Å². The molecule has 0 aliphatic rings. The molecule has 3 aromatic rings. The molecule has 0 spiro atoms. The van der Waals surface area contributed by atoms with Crippen LogP contribution in [0, 0.1) is 13.8 Å². The molecule has 0 unspecified atom stereocenters. The fourth-order valence-corrected chi connectivity index (χ4v) is 2.21. The zero-order valence-electron chi connectivity index (χ0n) is 10.9. The summed E-state index contributed by atoms with van der Waals surface area (Å²) in [5.74, 6) is 1.34. The molecule has 0 bridgehead atoms. The van der Waals surface area contributed by atoms with Gasteiger partial charge in [0.2, 0.25) is 0 Å². The van der Waals surface area contributed by atoms with E-state index in [2.05, 4.69) is 41.4 Å². The van der Waals surface area contributed by atoms with Gasteiger partial charge in [0.15, 0.2) is 5.82 Å². The van der Waals surface area contributed by atoms with Crippen LogP contribution in [0.25, 0.3) is 22.4 Å².